The average molecular weight is 285 g/mol. The molecule has 1 saturated heterocycles. The number of nitrogens with one attached hydrogen (secondary N) is 1. The van der Waals surface area contributed by atoms with Crippen molar-refractivity contribution >= 4 is 32.9 Å². The molecule has 2 rings (SSSR count). The maximum Gasteiger partial charge on any atom is 0.152 e. The highest BCUT2D eigenvalue weighted by Crippen LogP contribution is 2.26. The van der Waals surface area contributed by atoms with Crippen LogP contribution in [-0.4, -0.2) is 35.4 Å². The summed E-state index contributed by atoms with van der Waals surface area (Å²) in [6, 6.07) is 3.46. The molecule has 1 aromatic heterocycles. The molecule has 0 radical (unpaired) electrons. The molecule has 1 unspecified atom stereocenters. The van der Waals surface area contributed by atoms with Crippen molar-refractivity contribution < 1.29 is 8.42 Å². The van der Waals surface area contributed by atoms with Crippen molar-refractivity contribution in [1.29, 1.82) is 0 Å². The summed E-state index contributed by atoms with van der Waals surface area (Å²) in [5, 5.41) is 3.16. The van der Waals surface area contributed by atoms with E-state index >= 15 is 0 Å². The lowest BCUT2D eigenvalue weighted by molar-refractivity contribution is 0.572. The molecule has 1 atom stereocenters. The summed E-state index contributed by atoms with van der Waals surface area (Å²) in [6.07, 6.45) is 2.18. The van der Waals surface area contributed by atoms with Gasteiger partial charge in [0.25, 0.3) is 0 Å². The van der Waals surface area contributed by atoms with Crippen LogP contribution in [0.4, 0.5) is 5.82 Å². The fraction of sp³-hybridized carbons (Fsp3) is 0.455. The molecule has 0 amide bonds. The van der Waals surface area contributed by atoms with Gasteiger partial charge >= 0.3 is 0 Å². The number of nitrogens with zero attached hydrogens (tertiary/aromatic N) is 1. The summed E-state index contributed by atoms with van der Waals surface area (Å²) >= 11 is 4.89. The molecule has 1 aliphatic heterocycles. The number of aromatic nitrogens is 1. The monoisotopic (exact) mass is 285 g/mol. The maximum absolute atomic E-state index is 11.5. The SMILES string of the molecule is CC1(Nc2cc(C(N)=S)ccn2)CCS(=O)(=O)C1. The minimum atomic E-state index is -2.94. The van der Waals surface area contributed by atoms with E-state index in [-0.39, 0.29) is 11.5 Å². The number of rotatable bonds is 3. The molecule has 1 fully saturated rings. The van der Waals surface area contributed by atoms with Crippen molar-refractivity contribution in [3.8, 4) is 0 Å². The number of nitrogens with two attached hydrogens (primary N) is 1. The Bertz CT molecular complexity index is 586. The Morgan fingerprint density at radius 1 is 1.61 bits per heavy atom. The molecule has 0 saturated carbocycles. The molecule has 0 spiro atoms. The molecule has 2 heterocycles. The molecular weight excluding hydrogens is 270 g/mol. The van der Waals surface area contributed by atoms with Crippen molar-refractivity contribution in [3.63, 3.8) is 0 Å². The highest BCUT2D eigenvalue weighted by atomic mass is 32.2. The van der Waals surface area contributed by atoms with Gasteiger partial charge in [-0.15, -0.1) is 0 Å². The normalized spacial score (nSPS) is 25.8. The standard InChI is InChI=1S/C11H15N3O2S2/c1-11(3-5-18(15,16)7-11)14-9-6-8(10(12)17)2-4-13-9/h2,4,6H,3,5,7H2,1H3,(H2,12,17)(H,13,14). The highest BCUT2D eigenvalue weighted by Gasteiger charge is 2.38. The van der Waals surface area contributed by atoms with Crippen molar-refractivity contribution in [2.45, 2.75) is 18.9 Å². The molecule has 3 N–H and O–H groups in total. The minimum absolute atomic E-state index is 0.124. The Balaban J connectivity index is 2.20. The lowest BCUT2D eigenvalue weighted by Crippen LogP contribution is -2.36. The zero-order valence-corrected chi connectivity index (χ0v) is 11.6. The summed E-state index contributed by atoms with van der Waals surface area (Å²) in [6.45, 7) is 1.88. The molecule has 0 bridgehead atoms. The lowest BCUT2D eigenvalue weighted by atomic mass is 10.0. The molecule has 0 aliphatic carbocycles. The van der Waals surface area contributed by atoms with E-state index in [1.54, 1.807) is 18.3 Å². The fourth-order valence-corrected chi connectivity index (χ4v) is 4.29. The molecule has 0 aromatic carbocycles. The Morgan fingerprint density at radius 3 is 2.89 bits per heavy atom. The van der Waals surface area contributed by atoms with Gasteiger partial charge in [-0.2, -0.15) is 0 Å². The van der Waals surface area contributed by atoms with Gasteiger partial charge in [-0.1, -0.05) is 12.2 Å². The average Bonchev–Trinajstić information content (AvgIpc) is 2.53. The number of hydrogen-bond donors (Lipinski definition) is 2. The number of thiocarbonyl (C=S) groups is 1. The van der Waals surface area contributed by atoms with Crippen LogP contribution in [0.15, 0.2) is 18.3 Å². The van der Waals surface area contributed by atoms with Gasteiger partial charge < -0.3 is 11.1 Å². The van der Waals surface area contributed by atoms with Crippen LogP contribution in [0.5, 0.6) is 0 Å². The largest absolute Gasteiger partial charge is 0.389 e. The van der Waals surface area contributed by atoms with E-state index in [2.05, 4.69) is 10.3 Å². The topological polar surface area (TPSA) is 85.1 Å². The van der Waals surface area contributed by atoms with Gasteiger partial charge in [0.05, 0.1) is 17.0 Å². The zero-order chi connectivity index (χ0) is 13.4. The van der Waals surface area contributed by atoms with Gasteiger partial charge in [-0.25, -0.2) is 13.4 Å². The Labute approximate surface area is 112 Å². The Hall–Kier alpha value is -1.21. The number of hydrogen-bond acceptors (Lipinski definition) is 5. The zero-order valence-electron chi connectivity index (χ0n) is 10.0. The van der Waals surface area contributed by atoms with Crippen molar-refractivity contribution in [1.82, 2.24) is 4.98 Å². The van der Waals surface area contributed by atoms with E-state index in [1.165, 1.54) is 0 Å². The van der Waals surface area contributed by atoms with E-state index in [1.807, 2.05) is 6.92 Å². The van der Waals surface area contributed by atoms with E-state index in [4.69, 9.17) is 18.0 Å². The van der Waals surface area contributed by atoms with Crippen LogP contribution in [-0.2, 0) is 9.84 Å². The Morgan fingerprint density at radius 2 is 2.33 bits per heavy atom. The quantitative estimate of drug-likeness (QED) is 0.795. The third-order valence-corrected chi connectivity index (χ3v) is 5.12. The molecule has 1 aliphatic rings. The number of anilines is 1. The van der Waals surface area contributed by atoms with E-state index < -0.39 is 15.4 Å². The van der Waals surface area contributed by atoms with Crippen LogP contribution in [0.25, 0.3) is 0 Å². The first kappa shape index (κ1) is 13.2. The first-order valence-corrected chi connectivity index (χ1v) is 7.77. The third kappa shape index (κ3) is 2.97. The summed E-state index contributed by atoms with van der Waals surface area (Å²) in [5.41, 5.74) is 5.79. The Kier molecular flexibility index (Phi) is 3.29. The van der Waals surface area contributed by atoms with E-state index in [0.717, 1.165) is 0 Å². The minimum Gasteiger partial charge on any atom is -0.389 e. The smallest absolute Gasteiger partial charge is 0.152 e. The second kappa shape index (κ2) is 4.47. The van der Waals surface area contributed by atoms with Crippen LogP contribution >= 0.6 is 12.2 Å². The lowest BCUT2D eigenvalue weighted by Gasteiger charge is -2.24. The van der Waals surface area contributed by atoms with Gasteiger partial charge in [0, 0.05) is 11.8 Å². The second-order valence-corrected chi connectivity index (χ2v) is 7.45. The predicted octanol–water partition coefficient (Wildman–Crippen LogP) is 0.705. The van der Waals surface area contributed by atoms with Gasteiger partial charge in [0.2, 0.25) is 0 Å². The van der Waals surface area contributed by atoms with Gasteiger partial charge in [0.1, 0.15) is 10.8 Å². The molecular formula is C11H15N3O2S2. The third-order valence-electron chi connectivity index (χ3n) is 2.98. The van der Waals surface area contributed by atoms with E-state index in [9.17, 15) is 8.42 Å². The van der Waals surface area contributed by atoms with Crippen LogP contribution in [0.3, 0.4) is 0 Å². The van der Waals surface area contributed by atoms with Crippen molar-refractivity contribution in [2.75, 3.05) is 16.8 Å². The van der Waals surface area contributed by atoms with Gasteiger partial charge in [-0.3, -0.25) is 0 Å². The summed E-state index contributed by atoms with van der Waals surface area (Å²) < 4.78 is 23.0. The highest BCUT2D eigenvalue weighted by molar-refractivity contribution is 7.91. The van der Waals surface area contributed by atoms with Crippen LogP contribution in [0, 0.1) is 0 Å². The van der Waals surface area contributed by atoms with Gasteiger partial charge in [0.15, 0.2) is 9.84 Å². The van der Waals surface area contributed by atoms with Crippen LogP contribution < -0.4 is 11.1 Å². The van der Waals surface area contributed by atoms with Gasteiger partial charge in [-0.05, 0) is 25.5 Å². The number of sulfone groups is 1. The van der Waals surface area contributed by atoms with Crippen LogP contribution in [0.2, 0.25) is 0 Å². The second-order valence-electron chi connectivity index (χ2n) is 4.82. The van der Waals surface area contributed by atoms with E-state index in [0.29, 0.717) is 22.8 Å². The summed E-state index contributed by atoms with van der Waals surface area (Å²) in [7, 11) is -2.94. The summed E-state index contributed by atoms with van der Waals surface area (Å²) in [4.78, 5) is 4.45. The predicted molar refractivity (Wildman–Crippen MR) is 75.4 cm³/mol. The van der Waals surface area contributed by atoms with Crippen LogP contribution in [0.1, 0.15) is 18.9 Å². The first-order chi connectivity index (χ1) is 8.30. The molecule has 7 heteroatoms. The molecule has 5 nitrogen and oxygen atoms in total. The number of pyridine rings is 1. The molecule has 98 valence electrons. The van der Waals surface area contributed by atoms with Crippen molar-refractivity contribution in [3.05, 3.63) is 23.9 Å². The molecule has 18 heavy (non-hydrogen) atoms. The summed E-state index contributed by atoms with van der Waals surface area (Å²) in [5.74, 6) is 0.935. The molecule has 1 aromatic rings. The fourth-order valence-electron chi connectivity index (χ4n) is 2.07. The first-order valence-electron chi connectivity index (χ1n) is 5.54. The van der Waals surface area contributed by atoms with Crippen molar-refractivity contribution in [2.24, 2.45) is 5.73 Å². The maximum atomic E-state index is 11.5.